The van der Waals surface area contributed by atoms with Crippen molar-refractivity contribution >= 4 is 11.8 Å². The average molecular weight is 276 g/mol. The van der Waals surface area contributed by atoms with Crippen molar-refractivity contribution in [2.75, 3.05) is 0 Å². The lowest BCUT2D eigenvalue weighted by molar-refractivity contribution is -0.123. The number of aromatic nitrogens is 2. The number of carbonyl (C=O) groups excluding carboxylic acids is 2. The van der Waals surface area contributed by atoms with E-state index in [4.69, 9.17) is 0 Å². The van der Waals surface area contributed by atoms with E-state index in [9.17, 15) is 9.59 Å². The SMILES string of the molecule is CC(C)NC(=O)c1cc2n(n1)C[C@@H](NC(=O)C1CC1)C2. The van der Waals surface area contributed by atoms with Crippen molar-refractivity contribution < 1.29 is 9.59 Å². The molecule has 0 radical (unpaired) electrons. The normalized spacial score (nSPS) is 20.9. The molecule has 1 aromatic rings. The minimum Gasteiger partial charge on any atom is -0.351 e. The highest BCUT2D eigenvalue weighted by molar-refractivity contribution is 5.92. The predicted molar refractivity (Wildman–Crippen MR) is 73.2 cm³/mol. The number of fused-ring (bicyclic) bond motifs is 1. The Bertz CT molecular complexity index is 522. The van der Waals surface area contributed by atoms with Crippen LogP contribution in [-0.4, -0.2) is 33.7 Å². The number of nitrogens with zero attached hydrogens (tertiary/aromatic N) is 2. The van der Waals surface area contributed by atoms with Gasteiger partial charge in [-0.1, -0.05) is 0 Å². The molecule has 1 fully saturated rings. The molecule has 1 saturated carbocycles. The van der Waals surface area contributed by atoms with Crippen LogP contribution in [0.3, 0.4) is 0 Å². The van der Waals surface area contributed by atoms with Crippen LogP contribution in [-0.2, 0) is 17.8 Å². The third-order valence-electron chi connectivity index (χ3n) is 3.66. The summed E-state index contributed by atoms with van der Waals surface area (Å²) in [7, 11) is 0. The van der Waals surface area contributed by atoms with Gasteiger partial charge in [-0.3, -0.25) is 14.3 Å². The highest BCUT2D eigenvalue weighted by Crippen LogP contribution is 2.29. The third-order valence-corrected chi connectivity index (χ3v) is 3.66. The molecule has 2 N–H and O–H groups in total. The third kappa shape index (κ3) is 2.69. The summed E-state index contributed by atoms with van der Waals surface area (Å²) < 4.78 is 1.83. The quantitative estimate of drug-likeness (QED) is 0.839. The van der Waals surface area contributed by atoms with Crippen LogP contribution in [0.4, 0.5) is 0 Å². The smallest absolute Gasteiger partial charge is 0.271 e. The maximum Gasteiger partial charge on any atom is 0.271 e. The van der Waals surface area contributed by atoms with Crippen LogP contribution in [0.15, 0.2) is 6.07 Å². The van der Waals surface area contributed by atoms with E-state index in [2.05, 4.69) is 15.7 Å². The fraction of sp³-hybridized carbons (Fsp3) is 0.643. The molecular weight excluding hydrogens is 256 g/mol. The van der Waals surface area contributed by atoms with Gasteiger partial charge in [0.05, 0.1) is 12.6 Å². The lowest BCUT2D eigenvalue weighted by Gasteiger charge is -2.11. The Hall–Kier alpha value is -1.85. The Kier molecular flexibility index (Phi) is 3.23. The second-order valence-corrected chi connectivity index (χ2v) is 6.02. The van der Waals surface area contributed by atoms with Crippen LogP contribution >= 0.6 is 0 Å². The van der Waals surface area contributed by atoms with Crippen molar-refractivity contribution in [3.05, 3.63) is 17.5 Å². The second-order valence-electron chi connectivity index (χ2n) is 6.02. The van der Waals surface area contributed by atoms with Crippen LogP contribution in [0.5, 0.6) is 0 Å². The zero-order chi connectivity index (χ0) is 14.3. The van der Waals surface area contributed by atoms with Gasteiger partial charge in [-0.25, -0.2) is 0 Å². The van der Waals surface area contributed by atoms with E-state index in [0.717, 1.165) is 25.0 Å². The fourth-order valence-electron chi connectivity index (χ4n) is 2.51. The van der Waals surface area contributed by atoms with E-state index in [1.807, 2.05) is 24.6 Å². The van der Waals surface area contributed by atoms with Gasteiger partial charge >= 0.3 is 0 Å². The van der Waals surface area contributed by atoms with Gasteiger partial charge in [0, 0.05) is 24.1 Å². The maximum absolute atomic E-state index is 11.9. The number of carbonyl (C=O) groups is 2. The van der Waals surface area contributed by atoms with E-state index in [0.29, 0.717) is 12.2 Å². The number of nitrogens with one attached hydrogen (secondary N) is 2. The molecule has 1 aliphatic heterocycles. The molecule has 0 saturated heterocycles. The number of amides is 2. The summed E-state index contributed by atoms with van der Waals surface area (Å²) in [6, 6.07) is 2.04. The van der Waals surface area contributed by atoms with Crippen LogP contribution < -0.4 is 10.6 Å². The molecule has 20 heavy (non-hydrogen) atoms. The largest absolute Gasteiger partial charge is 0.351 e. The number of rotatable bonds is 4. The molecule has 0 aromatic carbocycles. The second kappa shape index (κ2) is 4.92. The Morgan fingerprint density at radius 2 is 2.15 bits per heavy atom. The molecule has 0 spiro atoms. The minimum atomic E-state index is -0.138. The van der Waals surface area contributed by atoms with Crippen LogP contribution in [0.2, 0.25) is 0 Å². The molecule has 2 aliphatic rings. The standard InChI is InChI=1S/C14H20N4O2/c1-8(2)15-14(20)12-6-11-5-10(7-18(11)17-12)16-13(19)9-3-4-9/h6,8-10H,3-5,7H2,1-2H3,(H,15,20)(H,16,19)/t10-/m0/s1. The monoisotopic (exact) mass is 276 g/mol. The van der Waals surface area contributed by atoms with Gasteiger partial charge < -0.3 is 10.6 Å². The summed E-state index contributed by atoms with van der Waals surface area (Å²) in [5, 5.41) is 10.2. The van der Waals surface area contributed by atoms with Gasteiger partial charge in [-0.05, 0) is 32.8 Å². The summed E-state index contributed by atoms with van der Waals surface area (Å²) in [4.78, 5) is 23.6. The van der Waals surface area contributed by atoms with Crippen molar-refractivity contribution in [3.8, 4) is 0 Å². The molecule has 1 atom stereocenters. The Labute approximate surface area is 117 Å². The van der Waals surface area contributed by atoms with E-state index < -0.39 is 0 Å². The molecule has 1 aromatic heterocycles. The van der Waals surface area contributed by atoms with Gasteiger partial charge in [-0.15, -0.1) is 0 Å². The van der Waals surface area contributed by atoms with Crippen molar-refractivity contribution in [1.29, 1.82) is 0 Å². The van der Waals surface area contributed by atoms with Gasteiger partial charge in [0.2, 0.25) is 5.91 Å². The highest BCUT2D eigenvalue weighted by Gasteiger charge is 2.33. The molecule has 0 unspecified atom stereocenters. The first-order chi connectivity index (χ1) is 9.52. The van der Waals surface area contributed by atoms with Gasteiger partial charge in [0.15, 0.2) is 0 Å². The first-order valence-corrected chi connectivity index (χ1v) is 7.21. The zero-order valence-electron chi connectivity index (χ0n) is 11.8. The van der Waals surface area contributed by atoms with Crippen molar-refractivity contribution in [1.82, 2.24) is 20.4 Å². The predicted octanol–water partition coefficient (Wildman–Crippen LogP) is 0.472. The van der Waals surface area contributed by atoms with Gasteiger partial charge in [0.1, 0.15) is 5.69 Å². The van der Waals surface area contributed by atoms with Crippen LogP contribution in [0.25, 0.3) is 0 Å². The Morgan fingerprint density at radius 3 is 2.75 bits per heavy atom. The molecule has 2 amide bonds. The van der Waals surface area contributed by atoms with Crippen LogP contribution in [0.1, 0.15) is 42.9 Å². The van der Waals surface area contributed by atoms with Crippen molar-refractivity contribution in [2.45, 2.75) is 51.7 Å². The highest BCUT2D eigenvalue weighted by atomic mass is 16.2. The molecule has 6 heteroatoms. The summed E-state index contributed by atoms with van der Waals surface area (Å²) in [5.41, 5.74) is 1.47. The molecule has 6 nitrogen and oxygen atoms in total. The van der Waals surface area contributed by atoms with Crippen LogP contribution in [0, 0.1) is 5.92 Å². The summed E-state index contributed by atoms with van der Waals surface area (Å²) >= 11 is 0. The summed E-state index contributed by atoms with van der Waals surface area (Å²) in [6.07, 6.45) is 2.78. The minimum absolute atomic E-state index is 0.101. The number of hydrogen-bond donors (Lipinski definition) is 2. The fourth-order valence-corrected chi connectivity index (χ4v) is 2.51. The summed E-state index contributed by atoms with van der Waals surface area (Å²) in [6.45, 7) is 4.50. The molecule has 108 valence electrons. The van der Waals surface area contributed by atoms with Crippen molar-refractivity contribution in [2.24, 2.45) is 5.92 Å². The average Bonchev–Trinajstić information content (AvgIpc) is 3.03. The Balaban J connectivity index is 1.59. The molecular formula is C14H20N4O2. The first-order valence-electron chi connectivity index (χ1n) is 7.21. The molecule has 0 bridgehead atoms. The maximum atomic E-state index is 11.9. The van der Waals surface area contributed by atoms with E-state index in [1.54, 1.807) is 0 Å². The molecule has 3 rings (SSSR count). The van der Waals surface area contributed by atoms with Gasteiger partial charge in [-0.2, -0.15) is 5.10 Å². The lowest BCUT2D eigenvalue weighted by atomic mass is 10.2. The molecule has 1 aliphatic carbocycles. The van der Waals surface area contributed by atoms with E-state index >= 15 is 0 Å². The number of hydrogen-bond acceptors (Lipinski definition) is 3. The molecule has 2 heterocycles. The summed E-state index contributed by atoms with van der Waals surface area (Å²) in [5.74, 6) is 0.259. The topological polar surface area (TPSA) is 76.0 Å². The Morgan fingerprint density at radius 1 is 1.40 bits per heavy atom. The van der Waals surface area contributed by atoms with E-state index in [-0.39, 0.29) is 29.8 Å². The van der Waals surface area contributed by atoms with Crippen molar-refractivity contribution in [3.63, 3.8) is 0 Å². The first kappa shape index (κ1) is 13.1. The lowest BCUT2D eigenvalue weighted by Crippen LogP contribution is -2.37. The van der Waals surface area contributed by atoms with E-state index in [1.165, 1.54) is 0 Å². The van der Waals surface area contributed by atoms with Gasteiger partial charge in [0.25, 0.3) is 5.91 Å². The zero-order valence-corrected chi connectivity index (χ0v) is 11.8.